The molecule has 0 saturated carbocycles. The van der Waals surface area contributed by atoms with Crippen molar-refractivity contribution in [3.8, 4) is 5.75 Å². The zero-order valence-corrected chi connectivity index (χ0v) is 19.0. The minimum atomic E-state index is 0.117. The Kier molecular flexibility index (Phi) is 5.50. The Morgan fingerprint density at radius 1 is 1.12 bits per heavy atom. The summed E-state index contributed by atoms with van der Waals surface area (Å²) in [6.45, 7) is 5.03. The number of fused-ring (bicyclic) bond motifs is 3. The minimum absolute atomic E-state index is 0.117. The summed E-state index contributed by atoms with van der Waals surface area (Å²) in [5.41, 5.74) is 2.74. The fourth-order valence-electron chi connectivity index (χ4n) is 4.84. The van der Waals surface area contributed by atoms with Gasteiger partial charge in [0.25, 0.3) is 0 Å². The Morgan fingerprint density at radius 2 is 1.94 bits per heavy atom. The van der Waals surface area contributed by atoms with E-state index in [4.69, 9.17) is 9.72 Å². The second-order valence-electron chi connectivity index (χ2n) is 8.85. The molecule has 9 nitrogen and oxygen atoms in total. The Labute approximate surface area is 189 Å². The molecule has 4 heterocycles. The molecule has 1 aromatic carbocycles. The van der Waals surface area contributed by atoms with Crippen molar-refractivity contribution in [1.29, 1.82) is 0 Å². The topological polar surface area (TPSA) is 77.1 Å². The third-order valence-corrected chi connectivity index (χ3v) is 6.84. The largest absolute Gasteiger partial charge is 0.494 e. The van der Waals surface area contributed by atoms with Crippen LogP contribution in [0, 0.1) is 0 Å². The molecule has 2 saturated heterocycles. The first-order valence-electron chi connectivity index (χ1n) is 11.3. The minimum Gasteiger partial charge on any atom is -0.494 e. The number of amides is 1. The molecule has 9 heteroatoms. The van der Waals surface area contributed by atoms with E-state index in [1.807, 2.05) is 6.07 Å². The average molecular weight is 438 g/mol. The van der Waals surface area contributed by atoms with Crippen LogP contribution in [0.25, 0.3) is 0 Å². The number of benzene rings is 1. The lowest BCUT2D eigenvalue weighted by Gasteiger charge is -2.34. The van der Waals surface area contributed by atoms with Crippen LogP contribution in [0.2, 0.25) is 0 Å². The van der Waals surface area contributed by atoms with Crippen molar-refractivity contribution < 1.29 is 9.53 Å². The van der Waals surface area contributed by atoms with Gasteiger partial charge in [-0.05, 0) is 32.0 Å². The summed E-state index contributed by atoms with van der Waals surface area (Å²) in [4.78, 5) is 30.6. The normalized spacial score (nSPS) is 21.3. The molecule has 2 fully saturated rings. The lowest BCUT2D eigenvalue weighted by molar-refractivity contribution is -0.118. The number of aromatic nitrogens is 2. The van der Waals surface area contributed by atoms with Crippen molar-refractivity contribution in [2.75, 3.05) is 73.9 Å². The predicted molar refractivity (Wildman–Crippen MR) is 126 cm³/mol. The molecule has 0 spiro atoms. The van der Waals surface area contributed by atoms with Crippen LogP contribution in [0.15, 0.2) is 24.4 Å². The van der Waals surface area contributed by atoms with Gasteiger partial charge in [0.05, 0.1) is 19.0 Å². The Hall–Kier alpha value is -3.07. The van der Waals surface area contributed by atoms with Crippen molar-refractivity contribution in [3.05, 3.63) is 24.4 Å². The van der Waals surface area contributed by atoms with Gasteiger partial charge in [0.15, 0.2) is 5.82 Å². The highest BCUT2D eigenvalue weighted by Crippen LogP contribution is 2.38. The SMILES string of the molecule is COc1cc(N2CCN(C)CC2)ccc1Nc1ncc2c(n1)N1CCCC1CC(=O)N2C. The molecular formula is C23H31N7O2. The molecule has 1 aromatic heterocycles. The fraction of sp³-hybridized carbons (Fsp3) is 0.522. The van der Waals surface area contributed by atoms with Crippen molar-refractivity contribution in [2.24, 2.45) is 0 Å². The first kappa shape index (κ1) is 20.8. The molecule has 1 atom stereocenters. The van der Waals surface area contributed by atoms with E-state index in [1.54, 1.807) is 25.3 Å². The van der Waals surface area contributed by atoms with Crippen molar-refractivity contribution >= 4 is 34.7 Å². The van der Waals surface area contributed by atoms with Crippen LogP contribution < -0.4 is 24.8 Å². The number of carbonyl (C=O) groups is 1. The van der Waals surface area contributed by atoms with Gasteiger partial charge in [0.2, 0.25) is 11.9 Å². The molecule has 170 valence electrons. The zero-order valence-electron chi connectivity index (χ0n) is 19.0. The number of hydrogen-bond acceptors (Lipinski definition) is 8. The van der Waals surface area contributed by atoms with Crippen LogP contribution in [0.5, 0.6) is 5.75 Å². The maximum absolute atomic E-state index is 12.6. The lowest BCUT2D eigenvalue weighted by Crippen LogP contribution is -2.44. The fourth-order valence-corrected chi connectivity index (χ4v) is 4.84. The van der Waals surface area contributed by atoms with Crippen molar-refractivity contribution in [1.82, 2.24) is 14.9 Å². The first-order valence-corrected chi connectivity index (χ1v) is 11.3. The highest BCUT2D eigenvalue weighted by Gasteiger charge is 2.35. The molecule has 1 N–H and O–H groups in total. The molecule has 3 aliphatic heterocycles. The Bertz CT molecular complexity index is 1010. The van der Waals surface area contributed by atoms with Gasteiger partial charge in [-0.25, -0.2) is 4.98 Å². The van der Waals surface area contributed by atoms with E-state index in [0.29, 0.717) is 12.4 Å². The Balaban J connectivity index is 1.41. The maximum atomic E-state index is 12.6. The molecule has 0 bridgehead atoms. The lowest BCUT2D eigenvalue weighted by atomic mass is 10.1. The number of carbonyl (C=O) groups excluding carboxylic acids is 1. The van der Waals surface area contributed by atoms with Gasteiger partial charge >= 0.3 is 0 Å². The smallest absolute Gasteiger partial charge is 0.229 e. The summed E-state index contributed by atoms with van der Waals surface area (Å²) in [6.07, 6.45) is 4.37. The molecule has 3 aliphatic rings. The molecule has 32 heavy (non-hydrogen) atoms. The quantitative estimate of drug-likeness (QED) is 0.781. The van der Waals surface area contributed by atoms with Crippen LogP contribution in [0.3, 0.4) is 0 Å². The molecule has 1 amide bonds. The number of nitrogens with one attached hydrogen (secondary N) is 1. The number of hydrogen-bond donors (Lipinski definition) is 1. The second-order valence-corrected chi connectivity index (χ2v) is 8.85. The van der Waals surface area contributed by atoms with E-state index in [0.717, 1.165) is 74.2 Å². The van der Waals surface area contributed by atoms with E-state index >= 15 is 0 Å². The van der Waals surface area contributed by atoms with Gasteiger partial charge in [-0.15, -0.1) is 0 Å². The van der Waals surface area contributed by atoms with Gasteiger partial charge in [0, 0.05) is 64.0 Å². The molecule has 0 aliphatic carbocycles. The van der Waals surface area contributed by atoms with Crippen molar-refractivity contribution in [2.45, 2.75) is 25.3 Å². The first-order chi connectivity index (χ1) is 15.5. The number of methoxy groups -OCH3 is 1. The van der Waals surface area contributed by atoms with E-state index in [2.05, 4.69) is 44.2 Å². The van der Waals surface area contributed by atoms with Gasteiger partial charge in [-0.1, -0.05) is 0 Å². The van der Waals surface area contributed by atoms with Gasteiger partial charge < -0.3 is 29.7 Å². The summed E-state index contributed by atoms with van der Waals surface area (Å²) in [6, 6.07) is 6.42. The number of rotatable bonds is 4. The number of anilines is 5. The van der Waals surface area contributed by atoms with E-state index in [-0.39, 0.29) is 11.9 Å². The summed E-state index contributed by atoms with van der Waals surface area (Å²) < 4.78 is 5.68. The van der Waals surface area contributed by atoms with Crippen molar-refractivity contribution in [3.63, 3.8) is 0 Å². The predicted octanol–water partition coefficient (Wildman–Crippen LogP) is 2.32. The third kappa shape index (κ3) is 3.81. The van der Waals surface area contributed by atoms with Crippen LogP contribution in [0.4, 0.5) is 28.8 Å². The van der Waals surface area contributed by atoms with Gasteiger partial charge in [-0.3, -0.25) is 4.79 Å². The average Bonchev–Trinajstić information content (AvgIpc) is 3.24. The Morgan fingerprint density at radius 3 is 2.72 bits per heavy atom. The monoisotopic (exact) mass is 437 g/mol. The number of nitrogens with zero attached hydrogens (tertiary/aromatic N) is 6. The summed E-state index contributed by atoms with van der Waals surface area (Å²) >= 11 is 0. The standard InChI is InChI=1S/C23H31N7O2/c1-27-9-11-29(12-10-27)16-6-7-18(20(13-16)32-3)25-23-24-15-19-22(26-23)30-8-4-5-17(30)14-21(31)28(19)2/h6-7,13,15,17H,4-5,8-12,14H2,1-3H3,(H,24,25,26). The van der Waals surface area contributed by atoms with E-state index in [9.17, 15) is 4.79 Å². The highest BCUT2D eigenvalue weighted by molar-refractivity contribution is 5.97. The summed E-state index contributed by atoms with van der Waals surface area (Å²) in [5, 5.41) is 3.33. The zero-order chi connectivity index (χ0) is 22.2. The second kappa shape index (κ2) is 8.46. The summed E-state index contributed by atoms with van der Waals surface area (Å²) in [7, 11) is 5.64. The molecule has 2 aromatic rings. The van der Waals surface area contributed by atoms with Crippen LogP contribution in [0.1, 0.15) is 19.3 Å². The number of likely N-dealkylation sites (N-methyl/N-ethyl adjacent to an activating group) is 1. The van der Waals surface area contributed by atoms with Gasteiger partial charge in [0.1, 0.15) is 11.4 Å². The van der Waals surface area contributed by atoms with Gasteiger partial charge in [-0.2, -0.15) is 4.98 Å². The number of piperazine rings is 1. The number of ether oxygens (including phenoxy) is 1. The van der Waals surface area contributed by atoms with Crippen LogP contribution in [-0.4, -0.2) is 80.7 Å². The summed E-state index contributed by atoms with van der Waals surface area (Å²) in [5.74, 6) is 2.20. The van der Waals surface area contributed by atoms with Crippen LogP contribution in [-0.2, 0) is 4.79 Å². The van der Waals surface area contributed by atoms with E-state index in [1.165, 1.54) is 0 Å². The maximum Gasteiger partial charge on any atom is 0.229 e. The molecule has 1 unspecified atom stereocenters. The van der Waals surface area contributed by atoms with E-state index < -0.39 is 0 Å². The van der Waals surface area contributed by atoms with Crippen LogP contribution >= 0.6 is 0 Å². The third-order valence-electron chi connectivity index (χ3n) is 6.84. The molecular weight excluding hydrogens is 406 g/mol. The molecule has 0 radical (unpaired) electrons. The molecule has 5 rings (SSSR count). The highest BCUT2D eigenvalue weighted by atomic mass is 16.5.